The second-order valence-electron chi connectivity index (χ2n) is 4.06. The van der Waals surface area contributed by atoms with Crippen LogP contribution in [0.2, 0.25) is 0 Å². The van der Waals surface area contributed by atoms with E-state index >= 15 is 0 Å². The van der Waals surface area contributed by atoms with Gasteiger partial charge in [-0.15, -0.1) is 11.3 Å². The van der Waals surface area contributed by atoms with E-state index in [1.807, 2.05) is 41.8 Å². The molecule has 0 saturated heterocycles. The molecule has 19 heavy (non-hydrogen) atoms. The third kappa shape index (κ3) is 2.88. The van der Waals surface area contributed by atoms with E-state index in [0.29, 0.717) is 4.88 Å². The van der Waals surface area contributed by atoms with Gasteiger partial charge in [0.15, 0.2) is 5.17 Å². The Labute approximate surface area is 119 Å². The second kappa shape index (κ2) is 5.59. The molecule has 1 aliphatic rings. The number of rotatable bonds is 2. The molecule has 0 spiro atoms. The van der Waals surface area contributed by atoms with Crippen LogP contribution in [0.3, 0.4) is 0 Å². The summed E-state index contributed by atoms with van der Waals surface area (Å²) in [5.74, 6) is 0.885. The number of carbonyl (C=O) groups excluding carboxylic acids is 1. The standard InChI is InChI=1S/C14H12N2OS2/c17-13(16-14-15-6-7-18-14)12-8-11(9-19-12)10-4-2-1-3-5-10/h1-5,8-9H,6-7H2,(H,15,16,17). The predicted octanol–water partition coefficient (Wildman–Crippen LogP) is 3.25. The molecule has 0 bridgehead atoms. The SMILES string of the molecule is O=C(NC1=NCCS1)c1cc(-c2ccccc2)cs1. The van der Waals surface area contributed by atoms with E-state index in [9.17, 15) is 4.79 Å². The quantitative estimate of drug-likeness (QED) is 0.921. The summed E-state index contributed by atoms with van der Waals surface area (Å²) >= 11 is 3.05. The number of nitrogens with one attached hydrogen (secondary N) is 1. The zero-order valence-electron chi connectivity index (χ0n) is 10.1. The first-order chi connectivity index (χ1) is 9.33. The normalized spacial score (nSPS) is 14.2. The maximum Gasteiger partial charge on any atom is 0.267 e. The highest BCUT2D eigenvalue weighted by Crippen LogP contribution is 2.25. The van der Waals surface area contributed by atoms with E-state index in [2.05, 4.69) is 10.3 Å². The van der Waals surface area contributed by atoms with Gasteiger partial charge in [0.05, 0.1) is 11.4 Å². The highest BCUT2D eigenvalue weighted by molar-refractivity contribution is 8.14. The third-order valence-electron chi connectivity index (χ3n) is 2.74. The Morgan fingerprint density at radius 2 is 2.05 bits per heavy atom. The largest absolute Gasteiger partial charge is 0.301 e. The lowest BCUT2D eigenvalue weighted by Crippen LogP contribution is -2.26. The molecule has 0 atom stereocenters. The molecule has 2 heterocycles. The van der Waals surface area contributed by atoms with Crippen LogP contribution < -0.4 is 5.32 Å². The molecular weight excluding hydrogens is 276 g/mol. The fraction of sp³-hybridized carbons (Fsp3) is 0.143. The van der Waals surface area contributed by atoms with Crippen molar-refractivity contribution in [2.45, 2.75) is 0 Å². The van der Waals surface area contributed by atoms with Crippen molar-refractivity contribution in [1.29, 1.82) is 0 Å². The Kier molecular flexibility index (Phi) is 3.66. The summed E-state index contributed by atoms with van der Waals surface area (Å²) in [5.41, 5.74) is 2.21. The summed E-state index contributed by atoms with van der Waals surface area (Å²) in [6.07, 6.45) is 0. The molecular formula is C14H12N2OS2. The number of carbonyl (C=O) groups is 1. The van der Waals surface area contributed by atoms with Crippen LogP contribution in [-0.4, -0.2) is 23.4 Å². The maximum atomic E-state index is 12.1. The molecule has 96 valence electrons. The maximum absolute atomic E-state index is 12.1. The number of hydrogen-bond acceptors (Lipinski definition) is 4. The first-order valence-corrected chi connectivity index (χ1v) is 7.82. The molecule has 1 aromatic carbocycles. The van der Waals surface area contributed by atoms with Crippen molar-refractivity contribution in [2.24, 2.45) is 4.99 Å². The second-order valence-corrected chi connectivity index (χ2v) is 6.05. The van der Waals surface area contributed by atoms with Gasteiger partial charge in [0, 0.05) is 5.75 Å². The lowest BCUT2D eigenvalue weighted by atomic mass is 10.1. The Hall–Kier alpha value is -1.59. The fourth-order valence-corrected chi connectivity index (χ4v) is 3.34. The minimum atomic E-state index is -0.0691. The summed E-state index contributed by atoms with van der Waals surface area (Å²) in [5, 5.41) is 5.59. The van der Waals surface area contributed by atoms with E-state index in [1.54, 1.807) is 11.8 Å². The van der Waals surface area contributed by atoms with Crippen LogP contribution in [0.4, 0.5) is 0 Å². The minimum Gasteiger partial charge on any atom is -0.301 e. The molecule has 2 aromatic rings. The molecule has 1 N–H and O–H groups in total. The van der Waals surface area contributed by atoms with Crippen LogP contribution in [0.25, 0.3) is 11.1 Å². The van der Waals surface area contributed by atoms with Crippen LogP contribution >= 0.6 is 23.1 Å². The first-order valence-electron chi connectivity index (χ1n) is 5.95. The first kappa shape index (κ1) is 12.4. The minimum absolute atomic E-state index is 0.0691. The summed E-state index contributed by atoms with van der Waals surface area (Å²) in [6.45, 7) is 0.792. The molecule has 0 aliphatic carbocycles. The van der Waals surface area contributed by atoms with Gasteiger partial charge in [-0.25, -0.2) is 0 Å². The third-order valence-corrected chi connectivity index (χ3v) is 4.56. The van der Waals surface area contributed by atoms with Crippen LogP contribution in [0.15, 0.2) is 46.8 Å². The smallest absolute Gasteiger partial charge is 0.267 e. The Bertz CT molecular complexity index is 619. The number of amidine groups is 1. The molecule has 3 nitrogen and oxygen atoms in total. The molecule has 1 amide bonds. The highest BCUT2D eigenvalue weighted by atomic mass is 32.2. The number of aliphatic imine (C=N–C) groups is 1. The van der Waals surface area contributed by atoms with Gasteiger partial charge < -0.3 is 5.32 Å². The van der Waals surface area contributed by atoms with Gasteiger partial charge >= 0.3 is 0 Å². The topological polar surface area (TPSA) is 41.5 Å². The molecule has 0 unspecified atom stereocenters. The van der Waals surface area contributed by atoms with Crippen LogP contribution in [0.5, 0.6) is 0 Å². The molecule has 0 fully saturated rings. The summed E-state index contributed by atoms with van der Waals surface area (Å²) in [6, 6.07) is 12.0. The van der Waals surface area contributed by atoms with Crippen molar-refractivity contribution in [3.05, 3.63) is 46.7 Å². The number of amides is 1. The van der Waals surface area contributed by atoms with Crippen molar-refractivity contribution in [3.63, 3.8) is 0 Å². The molecule has 3 rings (SSSR count). The van der Waals surface area contributed by atoms with E-state index in [0.717, 1.165) is 28.6 Å². The van der Waals surface area contributed by atoms with Gasteiger partial charge in [-0.1, -0.05) is 42.1 Å². The lowest BCUT2D eigenvalue weighted by Gasteiger charge is -2.00. The van der Waals surface area contributed by atoms with Crippen molar-refractivity contribution in [2.75, 3.05) is 12.3 Å². The van der Waals surface area contributed by atoms with Crippen molar-refractivity contribution < 1.29 is 4.79 Å². The van der Waals surface area contributed by atoms with Crippen LogP contribution in [-0.2, 0) is 0 Å². The van der Waals surface area contributed by atoms with Crippen molar-refractivity contribution >= 4 is 34.2 Å². The predicted molar refractivity (Wildman–Crippen MR) is 82.0 cm³/mol. The molecule has 1 aliphatic heterocycles. The van der Waals surface area contributed by atoms with E-state index in [4.69, 9.17) is 0 Å². The molecule has 0 radical (unpaired) electrons. The summed E-state index contributed by atoms with van der Waals surface area (Å²) in [7, 11) is 0. The van der Waals surface area contributed by atoms with Crippen molar-refractivity contribution in [1.82, 2.24) is 5.32 Å². The zero-order chi connectivity index (χ0) is 13.1. The van der Waals surface area contributed by atoms with E-state index in [1.165, 1.54) is 11.3 Å². The van der Waals surface area contributed by atoms with Crippen LogP contribution in [0, 0.1) is 0 Å². The van der Waals surface area contributed by atoms with Gasteiger partial charge in [0.2, 0.25) is 0 Å². The van der Waals surface area contributed by atoms with Gasteiger partial charge in [-0.3, -0.25) is 9.79 Å². The monoisotopic (exact) mass is 288 g/mol. The number of nitrogens with zero attached hydrogens (tertiary/aromatic N) is 1. The van der Waals surface area contributed by atoms with E-state index in [-0.39, 0.29) is 5.91 Å². The van der Waals surface area contributed by atoms with Crippen LogP contribution in [0.1, 0.15) is 9.67 Å². The summed E-state index contributed by atoms with van der Waals surface area (Å²) < 4.78 is 0. The molecule has 5 heteroatoms. The van der Waals surface area contributed by atoms with E-state index < -0.39 is 0 Å². The zero-order valence-corrected chi connectivity index (χ0v) is 11.8. The van der Waals surface area contributed by atoms with Gasteiger partial charge in [0.1, 0.15) is 0 Å². The fourth-order valence-electron chi connectivity index (χ4n) is 1.81. The lowest BCUT2D eigenvalue weighted by molar-refractivity contribution is 0.0982. The van der Waals surface area contributed by atoms with Gasteiger partial charge in [-0.05, 0) is 22.6 Å². The average Bonchev–Trinajstić information content (AvgIpc) is 3.10. The Balaban J connectivity index is 1.76. The number of thioether (sulfide) groups is 1. The molecule has 1 aromatic heterocycles. The number of thiophene rings is 1. The number of benzene rings is 1. The average molecular weight is 288 g/mol. The van der Waals surface area contributed by atoms with Gasteiger partial charge in [0.25, 0.3) is 5.91 Å². The molecule has 0 saturated carbocycles. The van der Waals surface area contributed by atoms with Crippen molar-refractivity contribution in [3.8, 4) is 11.1 Å². The number of hydrogen-bond donors (Lipinski definition) is 1. The summed E-state index contributed by atoms with van der Waals surface area (Å²) in [4.78, 5) is 17.0. The Morgan fingerprint density at radius 1 is 1.21 bits per heavy atom. The highest BCUT2D eigenvalue weighted by Gasteiger charge is 2.14. The Morgan fingerprint density at radius 3 is 2.79 bits per heavy atom. The van der Waals surface area contributed by atoms with Gasteiger partial charge in [-0.2, -0.15) is 0 Å².